The van der Waals surface area contributed by atoms with Crippen LogP contribution in [-0.2, 0) is 23.0 Å². The SMILES string of the molecule is COC(=O)c1nn(C)cc1CCON. The van der Waals surface area contributed by atoms with Crippen LogP contribution in [0.1, 0.15) is 16.1 Å². The molecule has 6 nitrogen and oxygen atoms in total. The highest BCUT2D eigenvalue weighted by Crippen LogP contribution is 2.08. The van der Waals surface area contributed by atoms with Crippen molar-refractivity contribution >= 4 is 5.97 Å². The van der Waals surface area contributed by atoms with Crippen molar-refractivity contribution in [1.29, 1.82) is 0 Å². The van der Waals surface area contributed by atoms with Gasteiger partial charge in [0.05, 0.1) is 13.7 Å². The van der Waals surface area contributed by atoms with Crippen LogP contribution < -0.4 is 5.90 Å². The summed E-state index contributed by atoms with van der Waals surface area (Å²) in [6.07, 6.45) is 2.28. The molecule has 0 unspecified atom stereocenters. The molecule has 0 aliphatic carbocycles. The van der Waals surface area contributed by atoms with Gasteiger partial charge in [-0.1, -0.05) is 0 Å². The Morgan fingerprint density at radius 3 is 3.00 bits per heavy atom. The zero-order valence-electron chi connectivity index (χ0n) is 8.19. The van der Waals surface area contributed by atoms with Crippen LogP contribution in [-0.4, -0.2) is 29.5 Å². The molecule has 0 saturated heterocycles. The molecule has 0 aromatic carbocycles. The number of aromatic nitrogens is 2. The summed E-state index contributed by atoms with van der Waals surface area (Å²) in [6, 6.07) is 0. The number of methoxy groups -OCH3 is 1. The lowest BCUT2D eigenvalue weighted by Crippen LogP contribution is -2.09. The Morgan fingerprint density at radius 2 is 2.43 bits per heavy atom. The molecule has 0 spiro atoms. The second kappa shape index (κ2) is 4.73. The fraction of sp³-hybridized carbons (Fsp3) is 0.500. The fourth-order valence-electron chi connectivity index (χ4n) is 1.16. The molecule has 1 aromatic rings. The van der Waals surface area contributed by atoms with Crippen molar-refractivity contribution in [2.24, 2.45) is 12.9 Å². The summed E-state index contributed by atoms with van der Waals surface area (Å²) in [4.78, 5) is 15.7. The molecule has 2 N–H and O–H groups in total. The average Bonchev–Trinajstić information content (AvgIpc) is 2.55. The number of carbonyl (C=O) groups is 1. The molecular weight excluding hydrogens is 186 g/mol. The monoisotopic (exact) mass is 199 g/mol. The van der Waals surface area contributed by atoms with E-state index in [2.05, 4.69) is 14.7 Å². The van der Waals surface area contributed by atoms with Crippen molar-refractivity contribution in [2.75, 3.05) is 13.7 Å². The molecule has 78 valence electrons. The van der Waals surface area contributed by atoms with Gasteiger partial charge in [-0.2, -0.15) is 5.10 Å². The molecular formula is C8H13N3O3. The lowest BCUT2D eigenvalue weighted by molar-refractivity contribution is 0.0591. The van der Waals surface area contributed by atoms with E-state index in [1.165, 1.54) is 7.11 Å². The molecule has 0 radical (unpaired) electrons. The summed E-state index contributed by atoms with van der Waals surface area (Å²) < 4.78 is 6.14. The Kier molecular flexibility index (Phi) is 3.61. The van der Waals surface area contributed by atoms with Crippen LogP contribution in [0, 0.1) is 0 Å². The third-order valence-corrected chi connectivity index (χ3v) is 1.77. The minimum atomic E-state index is -0.447. The second-order valence-corrected chi connectivity index (χ2v) is 2.79. The zero-order valence-corrected chi connectivity index (χ0v) is 8.19. The second-order valence-electron chi connectivity index (χ2n) is 2.79. The Labute approximate surface area is 81.5 Å². The number of aryl methyl sites for hydroxylation is 1. The lowest BCUT2D eigenvalue weighted by atomic mass is 10.2. The standard InChI is InChI=1S/C8H13N3O3/c1-11-5-6(3-4-14-9)7(10-11)8(12)13-2/h5H,3-4,9H2,1-2H3. The molecule has 0 bridgehead atoms. The molecule has 1 rings (SSSR count). The van der Waals surface area contributed by atoms with Crippen LogP contribution in [0.25, 0.3) is 0 Å². The molecule has 0 atom stereocenters. The number of carbonyl (C=O) groups excluding carboxylic acids is 1. The van der Waals surface area contributed by atoms with Gasteiger partial charge in [0, 0.05) is 25.2 Å². The summed E-state index contributed by atoms with van der Waals surface area (Å²) in [5.74, 6) is 4.45. The minimum absolute atomic E-state index is 0.312. The predicted octanol–water partition coefficient (Wildman–Crippen LogP) is -0.360. The van der Waals surface area contributed by atoms with E-state index in [1.54, 1.807) is 17.9 Å². The molecule has 1 aromatic heterocycles. The van der Waals surface area contributed by atoms with Gasteiger partial charge in [-0.15, -0.1) is 0 Å². The predicted molar refractivity (Wildman–Crippen MR) is 48.4 cm³/mol. The van der Waals surface area contributed by atoms with Crippen molar-refractivity contribution in [1.82, 2.24) is 9.78 Å². The average molecular weight is 199 g/mol. The Hall–Kier alpha value is -1.40. The van der Waals surface area contributed by atoms with Crippen LogP contribution in [0.15, 0.2) is 6.20 Å². The summed E-state index contributed by atoms with van der Waals surface area (Å²) in [5, 5.41) is 3.98. The highest BCUT2D eigenvalue weighted by Gasteiger charge is 2.15. The summed E-state index contributed by atoms with van der Waals surface area (Å²) >= 11 is 0. The quantitative estimate of drug-likeness (QED) is 0.529. The van der Waals surface area contributed by atoms with Crippen molar-refractivity contribution in [2.45, 2.75) is 6.42 Å². The topological polar surface area (TPSA) is 79.4 Å². The Morgan fingerprint density at radius 1 is 1.71 bits per heavy atom. The first kappa shape index (κ1) is 10.7. The number of hydrogen-bond acceptors (Lipinski definition) is 5. The maximum absolute atomic E-state index is 11.2. The van der Waals surface area contributed by atoms with Crippen molar-refractivity contribution in [3.05, 3.63) is 17.5 Å². The van der Waals surface area contributed by atoms with Gasteiger partial charge in [0.25, 0.3) is 0 Å². The molecule has 0 saturated carbocycles. The van der Waals surface area contributed by atoms with Gasteiger partial charge in [-0.25, -0.2) is 10.7 Å². The molecule has 0 aliphatic heterocycles. The van der Waals surface area contributed by atoms with E-state index in [4.69, 9.17) is 5.90 Å². The molecule has 14 heavy (non-hydrogen) atoms. The van der Waals surface area contributed by atoms with E-state index < -0.39 is 5.97 Å². The van der Waals surface area contributed by atoms with Crippen molar-refractivity contribution < 1.29 is 14.4 Å². The number of esters is 1. The van der Waals surface area contributed by atoms with Gasteiger partial charge < -0.3 is 9.57 Å². The largest absolute Gasteiger partial charge is 0.464 e. The van der Waals surface area contributed by atoms with Crippen LogP contribution in [0.5, 0.6) is 0 Å². The van der Waals surface area contributed by atoms with E-state index in [9.17, 15) is 4.79 Å². The van der Waals surface area contributed by atoms with Crippen LogP contribution in [0.4, 0.5) is 0 Å². The zero-order chi connectivity index (χ0) is 10.6. The van der Waals surface area contributed by atoms with Gasteiger partial charge >= 0.3 is 5.97 Å². The van der Waals surface area contributed by atoms with Crippen molar-refractivity contribution in [3.63, 3.8) is 0 Å². The van der Waals surface area contributed by atoms with Crippen molar-refractivity contribution in [3.8, 4) is 0 Å². The highest BCUT2D eigenvalue weighted by molar-refractivity contribution is 5.88. The Bertz CT molecular complexity index is 322. The van der Waals surface area contributed by atoms with Gasteiger partial charge in [0.2, 0.25) is 0 Å². The normalized spacial score (nSPS) is 10.2. The third kappa shape index (κ3) is 2.30. The molecule has 0 amide bonds. The Balaban J connectivity index is 2.85. The summed E-state index contributed by atoms with van der Waals surface area (Å²) in [7, 11) is 3.06. The maximum atomic E-state index is 11.2. The first-order valence-electron chi connectivity index (χ1n) is 4.11. The van der Waals surface area contributed by atoms with Crippen LogP contribution >= 0.6 is 0 Å². The van der Waals surface area contributed by atoms with E-state index in [0.29, 0.717) is 18.7 Å². The smallest absolute Gasteiger partial charge is 0.358 e. The van der Waals surface area contributed by atoms with E-state index in [0.717, 1.165) is 5.56 Å². The van der Waals surface area contributed by atoms with Gasteiger partial charge in [0.1, 0.15) is 0 Å². The molecule has 0 fully saturated rings. The summed E-state index contributed by atoms with van der Waals surface area (Å²) in [6.45, 7) is 0.343. The van der Waals surface area contributed by atoms with E-state index in [1.807, 2.05) is 0 Å². The van der Waals surface area contributed by atoms with Gasteiger partial charge in [-0.05, 0) is 0 Å². The van der Waals surface area contributed by atoms with Crippen LogP contribution in [0.3, 0.4) is 0 Å². The highest BCUT2D eigenvalue weighted by atomic mass is 16.6. The van der Waals surface area contributed by atoms with Gasteiger partial charge in [0.15, 0.2) is 5.69 Å². The number of hydrogen-bond donors (Lipinski definition) is 1. The number of ether oxygens (including phenoxy) is 1. The number of nitrogens with two attached hydrogens (primary N) is 1. The third-order valence-electron chi connectivity index (χ3n) is 1.77. The lowest BCUT2D eigenvalue weighted by Gasteiger charge is -1.98. The summed E-state index contributed by atoms with van der Waals surface area (Å²) in [5.41, 5.74) is 1.08. The minimum Gasteiger partial charge on any atom is -0.464 e. The van der Waals surface area contributed by atoms with Crippen LogP contribution in [0.2, 0.25) is 0 Å². The first-order chi connectivity index (χ1) is 6.69. The van der Waals surface area contributed by atoms with E-state index in [-0.39, 0.29) is 0 Å². The fourth-order valence-corrected chi connectivity index (χ4v) is 1.16. The maximum Gasteiger partial charge on any atom is 0.358 e. The molecule has 6 heteroatoms. The van der Waals surface area contributed by atoms with E-state index >= 15 is 0 Å². The first-order valence-corrected chi connectivity index (χ1v) is 4.11. The molecule has 1 heterocycles. The molecule has 0 aliphatic rings. The van der Waals surface area contributed by atoms with Gasteiger partial charge in [-0.3, -0.25) is 4.68 Å². The number of nitrogens with zero attached hydrogens (tertiary/aromatic N) is 2. The number of rotatable bonds is 4.